The Hall–Kier alpha value is -3.29. The average Bonchev–Trinajstić information content (AvgIpc) is 3.36. The number of carbonyl (C=O) groups is 3. The van der Waals surface area contributed by atoms with Crippen molar-refractivity contribution in [3.8, 4) is 11.5 Å². The van der Waals surface area contributed by atoms with Gasteiger partial charge in [-0.05, 0) is 69.6 Å². The third-order valence-electron chi connectivity index (χ3n) is 7.36. The largest absolute Gasteiger partial charge is 0.493 e. The summed E-state index contributed by atoms with van der Waals surface area (Å²) in [6.45, 7) is 6.04. The molecule has 3 aliphatic rings. The zero-order valence-electron chi connectivity index (χ0n) is 21.6. The molecule has 4 rings (SSSR count). The van der Waals surface area contributed by atoms with Crippen LogP contribution in [-0.2, 0) is 23.9 Å². The fourth-order valence-corrected chi connectivity index (χ4v) is 5.64. The topological polar surface area (TPSA) is 100 Å². The molecule has 0 radical (unpaired) electrons. The van der Waals surface area contributed by atoms with Crippen LogP contribution >= 0.6 is 0 Å². The van der Waals surface area contributed by atoms with Gasteiger partial charge < -0.3 is 24.3 Å². The molecule has 0 aromatic heterocycles. The molecular weight excluding hydrogens is 462 g/mol. The normalized spacial score (nSPS) is 24.2. The van der Waals surface area contributed by atoms with Crippen molar-refractivity contribution >= 4 is 17.7 Å². The Kier molecular flexibility index (Phi) is 7.71. The Labute approximate surface area is 212 Å². The van der Waals surface area contributed by atoms with Crippen LogP contribution in [0.5, 0.6) is 11.5 Å². The number of dihydropyridines is 1. The highest BCUT2D eigenvalue weighted by Crippen LogP contribution is 2.47. The van der Waals surface area contributed by atoms with Crippen LogP contribution in [0.3, 0.4) is 0 Å². The number of hydrogen-bond acceptors (Lipinski definition) is 8. The molecule has 2 aliphatic carbocycles. The number of methoxy groups -OCH3 is 2. The third kappa shape index (κ3) is 4.73. The van der Waals surface area contributed by atoms with Crippen molar-refractivity contribution < 1.29 is 33.3 Å². The van der Waals surface area contributed by atoms with Gasteiger partial charge in [0.1, 0.15) is 12.0 Å². The van der Waals surface area contributed by atoms with Crippen molar-refractivity contribution in [3.05, 3.63) is 46.3 Å². The minimum absolute atomic E-state index is 0.131. The van der Waals surface area contributed by atoms with E-state index in [9.17, 15) is 14.4 Å². The lowest BCUT2D eigenvalue weighted by atomic mass is 9.69. The number of carbonyl (C=O) groups excluding carboxylic acids is 3. The monoisotopic (exact) mass is 497 g/mol. The smallest absolute Gasteiger partial charge is 0.337 e. The van der Waals surface area contributed by atoms with E-state index in [-0.39, 0.29) is 17.8 Å². The molecule has 1 saturated carbocycles. The summed E-state index contributed by atoms with van der Waals surface area (Å²) >= 11 is 0. The number of ether oxygens (including phenoxy) is 4. The maximum absolute atomic E-state index is 13.9. The van der Waals surface area contributed by atoms with E-state index in [2.05, 4.69) is 5.32 Å². The van der Waals surface area contributed by atoms with Crippen LogP contribution in [0.2, 0.25) is 0 Å². The van der Waals surface area contributed by atoms with E-state index in [1.165, 1.54) is 7.11 Å². The summed E-state index contributed by atoms with van der Waals surface area (Å²) in [6.07, 6.45) is 4.08. The number of Topliss-reactive ketones (excluding diaryl/α,β-unsaturated/α-hetero) is 1. The quantitative estimate of drug-likeness (QED) is 0.442. The van der Waals surface area contributed by atoms with Gasteiger partial charge in [0.05, 0.1) is 26.4 Å². The number of ketones is 1. The van der Waals surface area contributed by atoms with Gasteiger partial charge >= 0.3 is 11.9 Å². The first-order valence-corrected chi connectivity index (χ1v) is 12.6. The van der Waals surface area contributed by atoms with Gasteiger partial charge in [-0.15, -0.1) is 0 Å². The van der Waals surface area contributed by atoms with Crippen molar-refractivity contribution in [2.45, 2.75) is 64.9 Å². The number of nitrogens with one attached hydrogen (secondary N) is 1. The summed E-state index contributed by atoms with van der Waals surface area (Å²) in [4.78, 5) is 40.1. The zero-order valence-corrected chi connectivity index (χ0v) is 21.6. The molecule has 3 atom stereocenters. The Morgan fingerprint density at radius 3 is 2.47 bits per heavy atom. The minimum atomic E-state index is -0.937. The second-order valence-electron chi connectivity index (χ2n) is 9.69. The maximum atomic E-state index is 13.9. The van der Waals surface area contributed by atoms with Crippen molar-refractivity contribution in [2.24, 2.45) is 11.8 Å². The van der Waals surface area contributed by atoms with Gasteiger partial charge in [0.15, 0.2) is 17.3 Å². The van der Waals surface area contributed by atoms with Crippen LogP contribution in [0.1, 0.15) is 64.4 Å². The molecule has 194 valence electrons. The third-order valence-corrected chi connectivity index (χ3v) is 7.36. The summed E-state index contributed by atoms with van der Waals surface area (Å²) in [6, 6.07) is 5.41. The predicted octanol–water partition coefficient (Wildman–Crippen LogP) is 4.19. The minimum Gasteiger partial charge on any atom is -0.493 e. The molecule has 0 amide bonds. The van der Waals surface area contributed by atoms with Crippen molar-refractivity contribution in [1.29, 1.82) is 0 Å². The van der Waals surface area contributed by atoms with Gasteiger partial charge in [0.25, 0.3) is 0 Å². The lowest BCUT2D eigenvalue weighted by molar-refractivity contribution is -0.151. The molecule has 0 bridgehead atoms. The van der Waals surface area contributed by atoms with Gasteiger partial charge in [-0.25, -0.2) is 4.79 Å². The second-order valence-corrected chi connectivity index (χ2v) is 9.69. The van der Waals surface area contributed by atoms with E-state index < -0.39 is 23.8 Å². The zero-order chi connectivity index (χ0) is 26.0. The number of rotatable bonds is 7. The second kappa shape index (κ2) is 10.8. The molecule has 0 unspecified atom stereocenters. The highest BCUT2D eigenvalue weighted by molar-refractivity contribution is 6.12. The first-order valence-electron chi connectivity index (χ1n) is 12.6. The van der Waals surface area contributed by atoms with E-state index in [4.69, 9.17) is 18.9 Å². The predicted molar refractivity (Wildman–Crippen MR) is 132 cm³/mol. The molecule has 1 aromatic rings. The molecule has 1 aliphatic heterocycles. The standard InChI is InChI=1S/C28H35NO7/c1-6-35-20-12-11-17(14-21(20)33-4)24-23(28(32)36-18-9-7-8-10-18)16(3)29-19-13-15(2)22(27(31)34-5)26(30)25(19)24/h11-12,14-15,18,22,24,29H,6-10,13H2,1-5H3/t15-,22+,24-/m0/s1. The van der Waals surface area contributed by atoms with Gasteiger partial charge in [-0.2, -0.15) is 0 Å². The van der Waals surface area contributed by atoms with Crippen molar-refractivity contribution in [2.75, 3.05) is 20.8 Å². The van der Waals surface area contributed by atoms with Gasteiger partial charge in [0.2, 0.25) is 0 Å². The Balaban J connectivity index is 1.84. The lowest BCUT2D eigenvalue weighted by Gasteiger charge is -2.38. The van der Waals surface area contributed by atoms with Gasteiger partial charge in [-0.3, -0.25) is 9.59 Å². The number of allylic oxidation sites excluding steroid dienone is 3. The van der Waals surface area contributed by atoms with E-state index in [1.54, 1.807) is 19.2 Å². The fraction of sp³-hybridized carbons (Fsp3) is 0.536. The Morgan fingerprint density at radius 2 is 1.83 bits per heavy atom. The van der Waals surface area contributed by atoms with Crippen LogP contribution in [0.25, 0.3) is 0 Å². The number of hydrogen-bond donors (Lipinski definition) is 1. The van der Waals surface area contributed by atoms with E-state index in [0.29, 0.717) is 46.9 Å². The van der Waals surface area contributed by atoms with Gasteiger partial charge in [-0.1, -0.05) is 13.0 Å². The van der Waals surface area contributed by atoms with Gasteiger partial charge in [0, 0.05) is 22.9 Å². The summed E-state index contributed by atoms with van der Waals surface area (Å²) in [7, 11) is 2.83. The molecule has 1 N–H and O–H groups in total. The van der Waals surface area contributed by atoms with E-state index >= 15 is 0 Å². The first kappa shape index (κ1) is 25.8. The fourth-order valence-electron chi connectivity index (χ4n) is 5.64. The van der Waals surface area contributed by atoms with E-state index in [1.807, 2.05) is 26.8 Å². The number of esters is 2. The summed E-state index contributed by atoms with van der Waals surface area (Å²) in [5.74, 6) is -2.18. The van der Waals surface area contributed by atoms with Crippen molar-refractivity contribution in [1.82, 2.24) is 5.32 Å². The van der Waals surface area contributed by atoms with Crippen LogP contribution in [-0.4, -0.2) is 44.7 Å². The molecule has 0 spiro atoms. The molecule has 36 heavy (non-hydrogen) atoms. The van der Waals surface area contributed by atoms with Crippen LogP contribution in [0, 0.1) is 11.8 Å². The Morgan fingerprint density at radius 1 is 1.11 bits per heavy atom. The molecule has 1 fully saturated rings. The first-order chi connectivity index (χ1) is 17.3. The Bertz CT molecular complexity index is 1110. The molecule has 0 saturated heterocycles. The van der Waals surface area contributed by atoms with Crippen molar-refractivity contribution in [3.63, 3.8) is 0 Å². The number of benzene rings is 1. The van der Waals surface area contributed by atoms with Crippen LogP contribution in [0.4, 0.5) is 0 Å². The molecule has 1 heterocycles. The molecule has 8 nitrogen and oxygen atoms in total. The molecular formula is C28H35NO7. The SMILES string of the molecule is CCOc1ccc([C@H]2C(C(=O)OC3CCCC3)=C(C)NC3=C2C(=O)[C@H](C(=O)OC)[C@@H](C)C3)cc1OC. The molecule has 8 heteroatoms. The molecule has 1 aromatic carbocycles. The average molecular weight is 498 g/mol. The highest BCUT2D eigenvalue weighted by Gasteiger charge is 2.47. The summed E-state index contributed by atoms with van der Waals surface area (Å²) in [5.41, 5.74) is 2.83. The van der Waals surface area contributed by atoms with Crippen LogP contribution in [0.15, 0.2) is 40.7 Å². The van der Waals surface area contributed by atoms with E-state index in [0.717, 1.165) is 31.4 Å². The summed E-state index contributed by atoms with van der Waals surface area (Å²) in [5, 5.41) is 3.30. The van der Waals surface area contributed by atoms with Crippen LogP contribution < -0.4 is 14.8 Å². The highest BCUT2D eigenvalue weighted by atomic mass is 16.5. The maximum Gasteiger partial charge on any atom is 0.337 e. The summed E-state index contributed by atoms with van der Waals surface area (Å²) < 4.78 is 22.1. The lowest BCUT2D eigenvalue weighted by Crippen LogP contribution is -2.43.